The lowest BCUT2D eigenvalue weighted by Crippen LogP contribution is -2.20. The van der Waals surface area contributed by atoms with E-state index in [1.807, 2.05) is 24.3 Å². The Kier molecular flexibility index (Phi) is 5.47. The Morgan fingerprint density at radius 2 is 1.95 bits per heavy atom. The van der Waals surface area contributed by atoms with Crippen molar-refractivity contribution in [1.82, 2.24) is 9.97 Å². The van der Waals surface area contributed by atoms with Crippen molar-refractivity contribution in [3.63, 3.8) is 0 Å². The molecule has 0 aliphatic heterocycles. The van der Waals surface area contributed by atoms with Gasteiger partial charge in [0.05, 0.1) is 6.61 Å². The number of ether oxygens (including phenoxy) is 1. The van der Waals surface area contributed by atoms with Crippen molar-refractivity contribution in [2.24, 2.45) is 0 Å². The molecular weight excluding hydrogens is 280 g/mol. The molecule has 1 aromatic carbocycles. The minimum atomic E-state index is -0.655. The monoisotopic (exact) mass is 300 g/mol. The van der Waals surface area contributed by atoms with Gasteiger partial charge in [0, 0.05) is 11.8 Å². The van der Waals surface area contributed by atoms with Crippen LogP contribution in [0.3, 0.4) is 0 Å². The van der Waals surface area contributed by atoms with E-state index in [4.69, 9.17) is 4.74 Å². The maximum absolute atomic E-state index is 11.9. The smallest absolute Gasteiger partial charge is 0.345 e. The summed E-state index contributed by atoms with van der Waals surface area (Å²) in [5.74, 6) is -0.210. The number of hydrogen-bond donors (Lipinski definition) is 1. The van der Waals surface area contributed by atoms with Crippen LogP contribution in [0.1, 0.15) is 42.6 Å². The summed E-state index contributed by atoms with van der Waals surface area (Å²) in [6.45, 7) is 4.07. The topological polar surface area (TPSA) is 72.0 Å². The Morgan fingerprint density at radius 3 is 2.55 bits per heavy atom. The van der Waals surface area contributed by atoms with Crippen LogP contribution < -0.4 is 5.56 Å². The van der Waals surface area contributed by atoms with E-state index in [2.05, 4.69) is 16.9 Å². The number of unbranched alkanes of at least 4 members (excludes halogenated alkanes) is 1. The Bertz CT molecular complexity index is 690. The molecule has 5 heteroatoms. The molecule has 0 aliphatic rings. The van der Waals surface area contributed by atoms with Crippen molar-refractivity contribution < 1.29 is 9.53 Å². The predicted molar refractivity (Wildman–Crippen MR) is 84.9 cm³/mol. The summed E-state index contributed by atoms with van der Waals surface area (Å²) < 4.78 is 4.81. The van der Waals surface area contributed by atoms with Crippen LogP contribution in [-0.2, 0) is 11.2 Å². The van der Waals surface area contributed by atoms with E-state index in [1.165, 1.54) is 11.8 Å². The first-order valence-electron chi connectivity index (χ1n) is 7.51. The summed E-state index contributed by atoms with van der Waals surface area (Å²) in [7, 11) is 0. The van der Waals surface area contributed by atoms with Gasteiger partial charge in [-0.2, -0.15) is 0 Å². The van der Waals surface area contributed by atoms with Crippen LogP contribution in [0.2, 0.25) is 0 Å². The third kappa shape index (κ3) is 3.81. The number of benzene rings is 1. The van der Waals surface area contributed by atoms with E-state index in [-0.39, 0.29) is 12.2 Å². The molecule has 2 aromatic rings. The standard InChI is InChI=1S/C17H20N2O3/c1-3-5-6-12-7-9-13(10-8-12)15-18-11-14(16(20)19-15)17(21)22-4-2/h7-11H,3-6H2,1-2H3,(H,18,19,20). The fourth-order valence-electron chi connectivity index (χ4n) is 2.11. The number of aryl methyl sites for hydroxylation is 1. The second-order valence-electron chi connectivity index (χ2n) is 5.00. The van der Waals surface area contributed by atoms with Crippen molar-refractivity contribution in [2.45, 2.75) is 33.1 Å². The molecule has 2 rings (SSSR count). The van der Waals surface area contributed by atoms with Gasteiger partial charge in [-0.1, -0.05) is 37.6 Å². The molecule has 1 N–H and O–H groups in total. The number of nitrogens with one attached hydrogen (secondary N) is 1. The largest absolute Gasteiger partial charge is 0.462 e. The lowest BCUT2D eigenvalue weighted by Gasteiger charge is -2.05. The summed E-state index contributed by atoms with van der Waals surface area (Å²) in [5, 5.41) is 0. The van der Waals surface area contributed by atoms with Crippen molar-refractivity contribution in [1.29, 1.82) is 0 Å². The molecule has 5 nitrogen and oxygen atoms in total. The van der Waals surface area contributed by atoms with E-state index in [9.17, 15) is 9.59 Å². The zero-order valence-electron chi connectivity index (χ0n) is 12.9. The molecule has 0 saturated heterocycles. The van der Waals surface area contributed by atoms with E-state index >= 15 is 0 Å². The molecule has 0 spiro atoms. The number of carbonyl (C=O) groups excluding carboxylic acids is 1. The molecular formula is C17H20N2O3. The van der Waals surface area contributed by atoms with E-state index in [0.717, 1.165) is 24.8 Å². The van der Waals surface area contributed by atoms with E-state index < -0.39 is 11.5 Å². The lowest BCUT2D eigenvalue weighted by molar-refractivity contribution is 0.0524. The minimum absolute atomic E-state index is 0.0786. The normalized spacial score (nSPS) is 10.5. The molecule has 0 unspecified atom stereocenters. The predicted octanol–water partition coefficient (Wildman–Crippen LogP) is 2.96. The quantitative estimate of drug-likeness (QED) is 0.832. The molecule has 1 aromatic heterocycles. The van der Waals surface area contributed by atoms with Crippen LogP contribution in [0.25, 0.3) is 11.4 Å². The Balaban J connectivity index is 2.21. The average Bonchev–Trinajstić information content (AvgIpc) is 2.53. The van der Waals surface area contributed by atoms with Crippen LogP contribution in [0.4, 0.5) is 0 Å². The van der Waals surface area contributed by atoms with Gasteiger partial charge in [0.25, 0.3) is 5.56 Å². The maximum Gasteiger partial charge on any atom is 0.345 e. The second kappa shape index (κ2) is 7.54. The lowest BCUT2D eigenvalue weighted by atomic mass is 10.1. The first-order chi connectivity index (χ1) is 10.7. The van der Waals surface area contributed by atoms with Crippen LogP contribution in [0.5, 0.6) is 0 Å². The van der Waals surface area contributed by atoms with Gasteiger partial charge >= 0.3 is 5.97 Å². The van der Waals surface area contributed by atoms with Gasteiger partial charge < -0.3 is 9.72 Å². The van der Waals surface area contributed by atoms with Crippen molar-refractivity contribution in [2.75, 3.05) is 6.61 Å². The number of hydrogen-bond acceptors (Lipinski definition) is 4. The van der Waals surface area contributed by atoms with E-state index in [0.29, 0.717) is 5.82 Å². The van der Waals surface area contributed by atoms with Crippen LogP contribution in [0.15, 0.2) is 35.3 Å². The van der Waals surface area contributed by atoms with Crippen LogP contribution in [0, 0.1) is 0 Å². The van der Waals surface area contributed by atoms with Crippen LogP contribution >= 0.6 is 0 Å². The van der Waals surface area contributed by atoms with Gasteiger partial charge in [-0.25, -0.2) is 9.78 Å². The highest BCUT2D eigenvalue weighted by molar-refractivity contribution is 5.88. The number of aromatic amines is 1. The third-order valence-electron chi connectivity index (χ3n) is 3.34. The highest BCUT2D eigenvalue weighted by Gasteiger charge is 2.13. The zero-order valence-corrected chi connectivity index (χ0v) is 12.9. The number of carbonyl (C=O) groups is 1. The van der Waals surface area contributed by atoms with E-state index in [1.54, 1.807) is 6.92 Å². The molecule has 0 bridgehead atoms. The van der Waals surface area contributed by atoms with Gasteiger partial charge in [0.2, 0.25) is 0 Å². The number of esters is 1. The summed E-state index contributed by atoms with van der Waals surface area (Å²) in [4.78, 5) is 30.3. The number of nitrogens with zero attached hydrogens (tertiary/aromatic N) is 1. The zero-order chi connectivity index (χ0) is 15.9. The van der Waals surface area contributed by atoms with Gasteiger partial charge in [0.1, 0.15) is 11.4 Å². The molecule has 0 amide bonds. The number of rotatable bonds is 6. The Labute approximate surface area is 129 Å². The summed E-state index contributed by atoms with van der Waals surface area (Å²) in [6.07, 6.45) is 4.62. The Morgan fingerprint density at radius 1 is 1.23 bits per heavy atom. The summed E-state index contributed by atoms with van der Waals surface area (Å²) in [6, 6.07) is 7.91. The molecule has 1 heterocycles. The third-order valence-corrected chi connectivity index (χ3v) is 3.34. The molecule has 0 saturated carbocycles. The molecule has 0 fully saturated rings. The van der Waals surface area contributed by atoms with Crippen molar-refractivity contribution in [3.05, 3.63) is 51.9 Å². The molecule has 116 valence electrons. The molecule has 0 aliphatic carbocycles. The number of H-pyrrole nitrogens is 1. The summed E-state index contributed by atoms with van der Waals surface area (Å²) in [5.41, 5.74) is 1.51. The summed E-state index contributed by atoms with van der Waals surface area (Å²) >= 11 is 0. The van der Waals surface area contributed by atoms with Gasteiger partial charge in [-0.05, 0) is 25.3 Å². The SMILES string of the molecule is CCCCc1ccc(-c2ncc(C(=O)OCC)c(=O)[nH]2)cc1. The second-order valence-corrected chi connectivity index (χ2v) is 5.00. The first kappa shape index (κ1) is 15.9. The van der Waals surface area contributed by atoms with Gasteiger partial charge in [-0.3, -0.25) is 4.79 Å². The maximum atomic E-state index is 11.9. The fraction of sp³-hybridized carbons (Fsp3) is 0.353. The Hall–Kier alpha value is -2.43. The average molecular weight is 300 g/mol. The van der Waals surface area contributed by atoms with Crippen LogP contribution in [-0.4, -0.2) is 22.5 Å². The van der Waals surface area contributed by atoms with Gasteiger partial charge in [0.15, 0.2) is 0 Å². The molecule has 22 heavy (non-hydrogen) atoms. The molecule has 0 atom stereocenters. The highest BCUT2D eigenvalue weighted by Crippen LogP contribution is 2.15. The van der Waals surface area contributed by atoms with Crippen molar-refractivity contribution >= 4 is 5.97 Å². The first-order valence-corrected chi connectivity index (χ1v) is 7.51. The van der Waals surface area contributed by atoms with Crippen molar-refractivity contribution in [3.8, 4) is 11.4 Å². The fourth-order valence-corrected chi connectivity index (χ4v) is 2.11. The minimum Gasteiger partial charge on any atom is -0.462 e. The van der Waals surface area contributed by atoms with Gasteiger partial charge in [-0.15, -0.1) is 0 Å². The highest BCUT2D eigenvalue weighted by atomic mass is 16.5. The molecule has 0 radical (unpaired) electrons. The number of aromatic nitrogens is 2.